The second-order valence-electron chi connectivity index (χ2n) is 6.77. The summed E-state index contributed by atoms with van der Waals surface area (Å²) in [6.07, 6.45) is 1.43. The van der Waals surface area contributed by atoms with Crippen LogP contribution in [-0.4, -0.2) is 44.9 Å². The van der Waals surface area contributed by atoms with Crippen LogP contribution in [0.15, 0.2) is 24.3 Å². The summed E-state index contributed by atoms with van der Waals surface area (Å²) in [6, 6.07) is 8.16. The van der Waals surface area contributed by atoms with E-state index in [1.165, 1.54) is 4.90 Å². The number of hydrogen-bond donors (Lipinski definition) is 1. The van der Waals surface area contributed by atoms with E-state index in [0.29, 0.717) is 0 Å². The van der Waals surface area contributed by atoms with Crippen LogP contribution in [-0.2, 0) is 17.7 Å². The lowest BCUT2D eigenvalue weighted by Crippen LogP contribution is -3.14. The van der Waals surface area contributed by atoms with Crippen molar-refractivity contribution in [3.8, 4) is 0 Å². The van der Waals surface area contributed by atoms with E-state index < -0.39 is 0 Å². The SMILES string of the molecule is CCc1nc2ccccc2c2nnc(C[NH+]3C[C@@H](C)O[C@H](C)C3)n12. The Morgan fingerprint density at radius 3 is 2.62 bits per heavy atom. The Hall–Kier alpha value is -2.05. The minimum Gasteiger partial charge on any atom is -0.364 e. The first-order valence-corrected chi connectivity index (χ1v) is 8.76. The van der Waals surface area contributed by atoms with Crippen LogP contribution < -0.4 is 4.90 Å². The van der Waals surface area contributed by atoms with E-state index in [9.17, 15) is 0 Å². The zero-order valence-electron chi connectivity index (χ0n) is 14.5. The third-order valence-corrected chi connectivity index (χ3v) is 4.72. The van der Waals surface area contributed by atoms with Crippen LogP contribution in [0.5, 0.6) is 0 Å². The van der Waals surface area contributed by atoms with Crippen LogP contribution in [0, 0.1) is 0 Å². The molecule has 3 aromatic rings. The second kappa shape index (κ2) is 6.11. The molecule has 6 heteroatoms. The quantitative estimate of drug-likeness (QED) is 0.781. The number of ether oxygens (including phenoxy) is 1. The van der Waals surface area contributed by atoms with Crippen molar-refractivity contribution in [1.82, 2.24) is 19.6 Å². The van der Waals surface area contributed by atoms with Gasteiger partial charge in [0.25, 0.3) is 0 Å². The monoisotopic (exact) mass is 326 g/mol. The lowest BCUT2D eigenvalue weighted by molar-refractivity contribution is -0.929. The normalized spacial score (nSPS) is 24.7. The number of hydrogen-bond acceptors (Lipinski definition) is 4. The molecule has 1 N–H and O–H groups in total. The molecular weight excluding hydrogens is 302 g/mol. The zero-order valence-corrected chi connectivity index (χ0v) is 14.5. The van der Waals surface area contributed by atoms with Gasteiger partial charge in [-0.05, 0) is 26.0 Å². The number of nitrogens with one attached hydrogen (secondary N) is 1. The molecule has 4 rings (SSSR count). The summed E-state index contributed by atoms with van der Waals surface area (Å²) in [4.78, 5) is 6.32. The van der Waals surface area contributed by atoms with Crippen molar-refractivity contribution < 1.29 is 9.64 Å². The van der Waals surface area contributed by atoms with Gasteiger partial charge in [-0.25, -0.2) is 4.98 Å². The van der Waals surface area contributed by atoms with Gasteiger partial charge in [0.2, 0.25) is 0 Å². The summed E-state index contributed by atoms with van der Waals surface area (Å²) in [5.74, 6) is 2.02. The fourth-order valence-electron chi connectivity index (χ4n) is 3.82. The van der Waals surface area contributed by atoms with E-state index >= 15 is 0 Å². The molecule has 1 fully saturated rings. The van der Waals surface area contributed by atoms with E-state index in [1.54, 1.807) is 0 Å². The van der Waals surface area contributed by atoms with Gasteiger partial charge in [0.15, 0.2) is 11.5 Å². The molecule has 0 amide bonds. The molecule has 0 saturated carbocycles. The minimum atomic E-state index is 0.285. The van der Waals surface area contributed by atoms with Gasteiger partial charge >= 0.3 is 0 Å². The van der Waals surface area contributed by atoms with Crippen LogP contribution in [0.1, 0.15) is 32.4 Å². The number of nitrogens with zero attached hydrogens (tertiary/aromatic N) is 4. The maximum Gasteiger partial charge on any atom is 0.194 e. The topological polar surface area (TPSA) is 56.8 Å². The van der Waals surface area contributed by atoms with Crippen molar-refractivity contribution in [2.75, 3.05) is 13.1 Å². The molecule has 2 atom stereocenters. The van der Waals surface area contributed by atoms with E-state index in [0.717, 1.165) is 54.3 Å². The molecule has 0 bridgehead atoms. The first-order chi connectivity index (χ1) is 11.7. The zero-order chi connectivity index (χ0) is 16.7. The molecule has 0 spiro atoms. The van der Waals surface area contributed by atoms with E-state index in [4.69, 9.17) is 9.72 Å². The van der Waals surface area contributed by atoms with Crippen molar-refractivity contribution >= 4 is 16.6 Å². The largest absolute Gasteiger partial charge is 0.364 e. The van der Waals surface area contributed by atoms with Gasteiger partial charge in [-0.3, -0.25) is 4.40 Å². The molecule has 2 aromatic heterocycles. The van der Waals surface area contributed by atoms with Gasteiger partial charge in [0, 0.05) is 11.8 Å². The number of fused-ring (bicyclic) bond motifs is 3. The van der Waals surface area contributed by atoms with Crippen molar-refractivity contribution in [3.05, 3.63) is 35.9 Å². The van der Waals surface area contributed by atoms with Gasteiger partial charge in [-0.1, -0.05) is 19.1 Å². The Kier molecular flexibility index (Phi) is 3.94. The van der Waals surface area contributed by atoms with E-state index in [1.807, 2.05) is 18.2 Å². The molecule has 1 aromatic carbocycles. The van der Waals surface area contributed by atoms with E-state index in [2.05, 4.69) is 41.4 Å². The fourth-order valence-corrected chi connectivity index (χ4v) is 3.82. The van der Waals surface area contributed by atoms with Gasteiger partial charge in [0.1, 0.15) is 37.7 Å². The maximum atomic E-state index is 5.85. The highest BCUT2D eigenvalue weighted by molar-refractivity contribution is 5.91. The summed E-state index contributed by atoms with van der Waals surface area (Å²) < 4.78 is 8.00. The van der Waals surface area contributed by atoms with Crippen LogP contribution in [0.3, 0.4) is 0 Å². The number of rotatable bonds is 3. The Bertz CT molecular complexity index is 864. The average molecular weight is 326 g/mol. The number of para-hydroxylation sites is 1. The molecule has 0 aliphatic carbocycles. The highest BCUT2D eigenvalue weighted by Gasteiger charge is 2.27. The highest BCUT2D eigenvalue weighted by atomic mass is 16.5. The van der Waals surface area contributed by atoms with Crippen LogP contribution in [0.2, 0.25) is 0 Å². The molecule has 0 unspecified atom stereocenters. The predicted molar refractivity (Wildman–Crippen MR) is 92.1 cm³/mol. The fraction of sp³-hybridized carbons (Fsp3) is 0.500. The van der Waals surface area contributed by atoms with Crippen LogP contribution in [0.4, 0.5) is 0 Å². The number of morpholine rings is 1. The Balaban J connectivity index is 1.77. The summed E-state index contributed by atoms with van der Waals surface area (Å²) in [6.45, 7) is 9.27. The Labute approximate surface area is 141 Å². The molecule has 1 aliphatic heterocycles. The third kappa shape index (κ3) is 2.65. The molecule has 6 nitrogen and oxygen atoms in total. The van der Waals surface area contributed by atoms with Crippen LogP contribution in [0.25, 0.3) is 16.6 Å². The van der Waals surface area contributed by atoms with Gasteiger partial charge < -0.3 is 9.64 Å². The minimum absolute atomic E-state index is 0.285. The summed E-state index contributed by atoms with van der Waals surface area (Å²) in [5, 5.41) is 10.1. The van der Waals surface area contributed by atoms with E-state index in [-0.39, 0.29) is 12.2 Å². The maximum absolute atomic E-state index is 5.85. The number of benzene rings is 1. The first kappa shape index (κ1) is 15.5. The smallest absolute Gasteiger partial charge is 0.194 e. The highest BCUT2D eigenvalue weighted by Crippen LogP contribution is 2.19. The summed E-state index contributed by atoms with van der Waals surface area (Å²) in [7, 11) is 0. The van der Waals surface area contributed by atoms with Crippen molar-refractivity contribution in [3.63, 3.8) is 0 Å². The molecular formula is C18H24N5O+. The predicted octanol–water partition coefficient (Wildman–Crippen LogP) is 1.03. The number of quaternary nitrogens is 1. The molecule has 1 aliphatic rings. The van der Waals surface area contributed by atoms with Gasteiger partial charge in [0.05, 0.1) is 5.52 Å². The Morgan fingerprint density at radius 2 is 1.88 bits per heavy atom. The lowest BCUT2D eigenvalue weighted by Gasteiger charge is -2.31. The molecule has 1 saturated heterocycles. The molecule has 3 heterocycles. The molecule has 126 valence electrons. The second-order valence-corrected chi connectivity index (χ2v) is 6.77. The Morgan fingerprint density at radius 1 is 1.12 bits per heavy atom. The van der Waals surface area contributed by atoms with Crippen molar-refractivity contribution in [2.24, 2.45) is 0 Å². The van der Waals surface area contributed by atoms with Crippen molar-refractivity contribution in [2.45, 2.75) is 45.9 Å². The molecule has 0 radical (unpaired) electrons. The van der Waals surface area contributed by atoms with Crippen LogP contribution >= 0.6 is 0 Å². The summed E-state index contributed by atoms with van der Waals surface area (Å²) >= 11 is 0. The lowest BCUT2D eigenvalue weighted by atomic mass is 10.2. The van der Waals surface area contributed by atoms with Gasteiger partial charge in [-0.2, -0.15) is 0 Å². The van der Waals surface area contributed by atoms with Crippen molar-refractivity contribution in [1.29, 1.82) is 0 Å². The van der Waals surface area contributed by atoms with Gasteiger partial charge in [-0.15, -0.1) is 10.2 Å². The number of aryl methyl sites for hydroxylation is 1. The first-order valence-electron chi connectivity index (χ1n) is 8.76. The molecule has 24 heavy (non-hydrogen) atoms. The number of aromatic nitrogens is 4. The summed E-state index contributed by atoms with van der Waals surface area (Å²) in [5.41, 5.74) is 1.91. The average Bonchev–Trinajstić information content (AvgIpc) is 2.97. The third-order valence-electron chi connectivity index (χ3n) is 4.72. The standard InChI is InChI=1S/C18H23N5O/c1-4-16-19-15-8-6-5-7-14(15)18-21-20-17(23(16)18)11-22-9-12(2)24-13(3)10-22/h5-8,12-13H,4,9-11H2,1-3H3/p+1/t12-,13-/m1/s1.